The van der Waals surface area contributed by atoms with Gasteiger partial charge in [-0.05, 0) is 13.3 Å². The van der Waals surface area contributed by atoms with Gasteiger partial charge in [0.15, 0.2) is 0 Å². The van der Waals surface area contributed by atoms with E-state index in [0.29, 0.717) is 5.91 Å². The molecule has 1 aromatic heterocycles. The molecule has 0 aromatic carbocycles. The number of hydrogen-bond donors (Lipinski definition) is 1. The Labute approximate surface area is 124 Å². The summed E-state index contributed by atoms with van der Waals surface area (Å²) in [5, 5.41) is 6.45. The normalized spacial score (nSPS) is 21.6. The van der Waals surface area contributed by atoms with Crippen molar-refractivity contribution in [2.45, 2.75) is 19.9 Å². The maximum absolute atomic E-state index is 12.3. The van der Waals surface area contributed by atoms with E-state index in [4.69, 9.17) is 0 Å². The number of carbonyl (C=O) groups excluding carboxylic acids is 1. The quantitative estimate of drug-likeness (QED) is 0.892. The lowest BCUT2D eigenvalue weighted by molar-refractivity contribution is -0.136. The van der Waals surface area contributed by atoms with Crippen molar-refractivity contribution in [2.24, 2.45) is 5.92 Å². The molecule has 3 rings (SSSR count). The van der Waals surface area contributed by atoms with Crippen LogP contribution in [0.1, 0.15) is 17.1 Å². The number of nitrogens with one attached hydrogen (secondary N) is 1. The molecular formula is C14H22N4OS. The fourth-order valence-electron chi connectivity index (χ4n) is 2.78. The van der Waals surface area contributed by atoms with Crippen LogP contribution in [0.15, 0.2) is 5.38 Å². The summed E-state index contributed by atoms with van der Waals surface area (Å²) in [7, 11) is 0. The van der Waals surface area contributed by atoms with E-state index >= 15 is 0 Å². The van der Waals surface area contributed by atoms with E-state index in [1.54, 1.807) is 11.3 Å². The van der Waals surface area contributed by atoms with Crippen LogP contribution >= 0.6 is 11.3 Å². The summed E-state index contributed by atoms with van der Waals surface area (Å²) < 4.78 is 0. The van der Waals surface area contributed by atoms with Gasteiger partial charge in [-0.3, -0.25) is 9.69 Å². The Morgan fingerprint density at radius 2 is 2.25 bits per heavy atom. The van der Waals surface area contributed by atoms with Crippen molar-refractivity contribution in [3.63, 3.8) is 0 Å². The smallest absolute Gasteiger partial charge is 0.228 e. The van der Waals surface area contributed by atoms with Crippen LogP contribution in [-0.4, -0.2) is 60.0 Å². The van der Waals surface area contributed by atoms with E-state index < -0.39 is 0 Å². The maximum atomic E-state index is 12.3. The molecule has 5 nitrogen and oxygen atoms in total. The van der Waals surface area contributed by atoms with Crippen LogP contribution in [0.4, 0.5) is 0 Å². The fourth-order valence-corrected chi connectivity index (χ4v) is 3.38. The highest BCUT2D eigenvalue weighted by molar-refractivity contribution is 7.09. The minimum atomic E-state index is 0.225. The number of hydrogen-bond acceptors (Lipinski definition) is 5. The molecule has 1 aromatic rings. The minimum absolute atomic E-state index is 0.225. The van der Waals surface area contributed by atoms with Gasteiger partial charge in [0, 0.05) is 51.2 Å². The van der Waals surface area contributed by atoms with Crippen LogP contribution in [0.25, 0.3) is 0 Å². The molecule has 0 unspecified atom stereocenters. The van der Waals surface area contributed by atoms with Crippen LogP contribution < -0.4 is 5.32 Å². The van der Waals surface area contributed by atoms with Gasteiger partial charge in [-0.15, -0.1) is 11.3 Å². The molecule has 1 N–H and O–H groups in total. The second kappa shape index (κ2) is 6.20. The fraction of sp³-hybridized carbons (Fsp3) is 0.714. The van der Waals surface area contributed by atoms with Gasteiger partial charge >= 0.3 is 0 Å². The largest absolute Gasteiger partial charge is 0.341 e. The van der Waals surface area contributed by atoms with Crippen molar-refractivity contribution in [1.82, 2.24) is 20.1 Å². The lowest BCUT2D eigenvalue weighted by Crippen LogP contribution is -2.52. The van der Waals surface area contributed by atoms with E-state index in [-0.39, 0.29) is 5.92 Å². The first-order valence-electron chi connectivity index (χ1n) is 7.35. The lowest BCUT2D eigenvalue weighted by atomic mass is 10.0. The standard InChI is InChI=1S/C14H22N4OS/c1-11-16-13(10-20-11)9-17-3-2-4-18(6-5-17)14(19)12-7-15-8-12/h10,12,15H,2-9H2,1H3. The van der Waals surface area contributed by atoms with Crippen molar-refractivity contribution < 1.29 is 4.79 Å². The molecule has 20 heavy (non-hydrogen) atoms. The maximum Gasteiger partial charge on any atom is 0.228 e. The molecule has 6 heteroatoms. The first kappa shape index (κ1) is 14.0. The molecule has 110 valence electrons. The highest BCUT2D eigenvalue weighted by Gasteiger charge is 2.30. The van der Waals surface area contributed by atoms with Crippen LogP contribution in [0.5, 0.6) is 0 Å². The van der Waals surface area contributed by atoms with Gasteiger partial charge in [0.25, 0.3) is 0 Å². The molecule has 0 aliphatic carbocycles. The lowest BCUT2D eigenvalue weighted by Gasteiger charge is -2.31. The number of aryl methyl sites for hydroxylation is 1. The van der Waals surface area contributed by atoms with E-state index in [0.717, 1.165) is 62.9 Å². The average molecular weight is 294 g/mol. The highest BCUT2D eigenvalue weighted by atomic mass is 32.1. The van der Waals surface area contributed by atoms with E-state index in [1.165, 1.54) is 0 Å². The zero-order valence-electron chi connectivity index (χ0n) is 12.0. The summed E-state index contributed by atoms with van der Waals surface area (Å²) in [5.41, 5.74) is 1.16. The van der Waals surface area contributed by atoms with Gasteiger partial charge < -0.3 is 10.2 Å². The van der Waals surface area contributed by atoms with Crippen molar-refractivity contribution in [2.75, 3.05) is 39.3 Å². The van der Waals surface area contributed by atoms with Crippen LogP contribution in [0, 0.1) is 12.8 Å². The summed E-state index contributed by atoms with van der Waals surface area (Å²) >= 11 is 1.71. The summed E-state index contributed by atoms with van der Waals surface area (Å²) in [5.74, 6) is 0.567. The first-order valence-corrected chi connectivity index (χ1v) is 8.23. The van der Waals surface area contributed by atoms with Gasteiger partial charge in [-0.25, -0.2) is 4.98 Å². The Morgan fingerprint density at radius 3 is 2.90 bits per heavy atom. The zero-order chi connectivity index (χ0) is 13.9. The molecule has 0 bridgehead atoms. The molecular weight excluding hydrogens is 272 g/mol. The van der Waals surface area contributed by atoms with Crippen molar-refractivity contribution in [3.05, 3.63) is 16.1 Å². The number of carbonyl (C=O) groups is 1. The molecule has 0 atom stereocenters. The number of amides is 1. The number of aromatic nitrogens is 1. The predicted molar refractivity (Wildman–Crippen MR) is 79.7 cm³/mol. The van der Waals surface area contributed by atoms with Crippen LogP contribution in [0.3, 0.4) is 0 Å². The van der Waals surface area contributed by atoms with Crippen molar-refractivity contribution in [3.8, 4) is 0 Å². The van der Waals surface area contributed by atoms with Crippen LogP contribution in [0.2, 0.25) is 0 Å². The van der Waals surface area contributed by atoms with Gasteiger partial charge in [-0.1, -0.05) is 0 Å². The molecule has 2 aliphatic rings. The Balaban J connectivity index is 1.52. The summed E-state index contributed by atoms with van der Waals surface area (Å²) in [6.07, 6.45) is 1.06. The molecule has 0 spiro atoms. The Hall–Kier alpha value is -0.980. The Kier molecular flexibility index (Phi) is 4.33. The van der Waals surface area contributed by atoms with Gasteiger partial charge in [0.2, 0.25) is 5.91 Å². The SMILES string of the molecule is Cc1nc(CN2CCCN(C(=O)C3CNC3)CC2)cs1. The van der Waals surface area contributed by atoms with E-state index in [1.807, 2.05) is 6.92 Å². The third-order valence-electron chi connectivity index (χ3n) is 4.08. The number of nitrogens with zero attached hydrogens (tertiary/aromatic N) is 3. The third kappa shape index (κ3) is 3.19. The van der Waals surface area contributed by atoms with Crippen LogP contribution in [-0.2, 0) is 11.3 Å². The first-order chi connectivity index (χ1) is 9.72. The summed E-state index contributed by atoms with van der Waals surface area (Å²) in [6.45, 7) is 8.46. The molecule has 0 saturated carbocycles. The van der Waals surface area contributed by atoms with E-state index in [2.05, 4.69) is 25.5 Å². The van der Waals surface area contributed by atoms with Gasteiger partial charge in [-0.2, -0.15) is 0 Å². The average Bonchev–Trinajstić information content (AvgIpc) is 2.62. The summed E-state index contributed by atoms with van der Waals surface area (Å²) in [4.78, 5) is 21.3. The molecule has 2 fully saturated rings. The van der Waals surface area contributed by atoms with Gasteiger partial charge in [0.05, 0.1) is 16.6 Å². The third-order valence-corrected chi connectivity index (χ3v) is 4.91. The molecule has 3 heterocycles. The monoisotopic (exact) mass is 294 g/mol. The minimum Gasteiger partial charge on any atom is -0.341 e. The second-order valence-corrected chi connectivity index (χ2v) is 6.73. The Bertz CT molecular complexity index is 471. The van der Waals surface area contributed by atoms with E-state index in [9.17, 15) is 4.79 Å². The molecule has 1 amide bonds. The van der Waals surface area contributed by atoms with Crippen molar-refractivity contribution >= 4 is 17.2 Å². The molecule has 2 aliphatic heterocycles. The van der Waals surface area contributed by atoms with Gasteiger partial charge in [0.1, 0.15) is 0 Å². The molecule has 0 radical (unpaired) electrons. The Morgan fingerprint density at radius 1 is 1.40 bits per heavy atom. The molecule has 2 saturated heterocycles. The number of rotatable bonds is 3. The zero-order valence-corrected chi connectivity index (χ0v) is 12.8. The second-order valence-electron chi connectivity index (χ2n) is 5.67. The highest BCUT2D eigenvalue weighted by Crippen LogP contribution is 2.14. The van der Waals surface area contributed by atoms with Crippen molar-refractivity contribution in [1.29, 1.82) is 0 Å². The predicted octanol–water partition coefficient (Wildman–Crippen LogP) is 0.705. The number of thiazole rings is 1. The topological polar surface area (TPSA) is 48.5 Å². The summed E-state index contributed by atoms with van der Waals surface area (Å²) in [6, 6.07) is 0.